The molecule has 0 amide bonds. The molecule has 0 saturated heterocycles. The van der Waals surface area contributed by atoms with Crippen LogP contribution < -0.4 is 0 Å². The fourth-order valence-corrected chi connectivity index (χ4v) is 3.96. The van der Waals surface area contributed by atoms with Crippen molar-refractivity contribution in [3.8, 4) is 22.6 Å². The van der Waals surface area contributed by atoms with E-state index in [1.54, 1.807) is 29.0 Å². The van der Waals surface area contributed by atoms with Crippen LogP contribution in [0.4, 0.5) is 30.7 Å². The Morgan fingerprint density at radius 3 is 2.37 bits per heavy atom. The molecular weight excluding hydrogens is 515 g/mol. The number of benzene rings is 1. The first-order valence-corrected chi connectivity index (χ1v) is 11.2. The van der Waals surface area contributed by atoms with E-state index in [-0.39, 0.29) is 18.3 Å². The van der Waals surface area contributed by atoms with Crippen LogP contribution in [0.1, 0.15) is 28.9 Å². The molecule has 194 valence electrons. The number of hydrogen-bond acceptors (Lipinski definition) is 4. The average molecular weight is 531 g/mol. The molecule has 0 bridgehead atoms. The van der Waals surface area contributed by atoms with Gasteiger partial charge < -0.3 is 4.57 Å². The zero-order chi connectivity index (χ0) is 27.1. The third kappa shape index (κ3) is 5.20. The highest BCUT2D eigenvalue weighted by Crippen LogP contribution is 2.40. The van der Waals surface area contributed by atoms with E-state index in [2.05, 4.69) is 20.2 Å². The van der Waals surface area contributed by atoms with Crippen molar-refractivity contribution in [3.05, 3.63) is 102 Å². The molecule has 1 aliphatic carbocycles. The van der Waals surface area contributed by atoms with E-state index in [0.29, 0.717) is 40.8 Å². The second-order valence-electron chi connectivity index (χ2n) is 8.42. The Hall–Kier alpha value is -4.35. The number of fused-ring (bicyclic) bond motifs is 1. The Bertz CT molecular complexity index is 1540. The molecule has 0 atom stereocenters. The lowest BCUT2D eigenvalue weighted by Crippen LogP contribution is -2.12. The molecular formula is C26H16F7N5. The summed E-state index contributed by atoms with van der Waals surface area (Å²) in [4.78, 5) is 8.78. The maximum atomic E-state index is 14.4. The molecule has 5 rings (SSSR count). The lowest BCUT2D eigenvalue weighted by molar-refractivity contribution is -0.142. The van der Waals surface area contributed by atoms with E-state index in [0.717, 1.165) is 6.07 Å². The van der Waals surface area contributed by atoms with Crippen LogP contribution in [0.3, 0.4) is 0 Å². The lowest BCUT2D eigenvalue weighted by atomic mass is 10.00. The first-order chi connectivity index (χ1) is 18.0. The average Bonchev–Trinajstić information content (AvgIpc) is 3.16. The molecule has 5 nitrogen and oxygen atoms in total. The van der Waals surface area contributed by atoms with Crippen molar-refractivity contribution in [3.63, 3.8) is 0 Å². The predicted molar refractivity (Wildman–Crippen MR) is 124 cm³/mol. The Morgan fingerprint density at radius 1 is 0.842 bits per heavy atom. The molecule has 0 saturated carbocycles. The van der Waals surface area contributed by atoms with Gasteiger partial charge >= 0.3 is 12.4 Å². The van der Waals surface area contributed by atoms with Gasteiger partial charge in [0.15, 0.2) is 0 Å². The number of alkyl halides is 6. The molecule has 0 radical (unpaired) electrons. The van der Waals surface area contributed by atoms with Crippen LogP contribution in [-0.2, 0) is 18.9 Å². The first kappa shape index (κ1) is 25.3. The molecule has 2 aromatic rings. The van der Waals surface area contributed by atoms with E-state index in [4.69, 9.17) is 0 Å². The molecule has 0 N–H and O–H groups in total. The van der Waals surface area contributed by atoms with Crippen LogP contribution in [0.2, 0.25) is 0 Å². The van der Waals surface area contributed by atoms with Gasteiger partial charge in [-0.05, 0) is 42.8 Å². The van der Waals surface area contributed by atoms with Crippen molar-refractivity contribution in [1.29, 1.82) is 0 Å². The molecule has 0 unspecified atom stereocenters. The third-order valence-electron chi connectivity index (χ3n) is 5.77. The zero-order valence-corrected chi connectivity index (χ0v) is 19.2. The van der Waals surface area contributed by atoms with Crippen molar-refractivity contribution in [2.75, 3.05) is 0 Å². The standard InChI is InChI=1S/C26H16F7N5/c27-20-5-3-1-2-4-18(20)22-11-23-24(35-22)13-38(14-34-23)12-16-7-9-21(37-36-16)17-8-6-15(25(28,29)30)10-19(17)26(31,32)33/h1,3-11,13-14H,2,12H2. The van der Waals surface area contributed by atoms with E-state index >= 15 is 0 Å². The lowest BCUT2D eigenvalue weighted by Gasteiger charge is -2.15. The molecule has 0 spiro atoms. The summed E-state index contributed by atoms with van der Waals surface area (Å²) < 4.78 is 95.3. The van der Waals surface area contributed by atoms with Crippen LogP contribution >= 0.6 is 0 Å². The van der Waals surface area contributed by atoms with Crippen LogP contribution in [0.5, 0.6) is 0 Å². The minimum absolute atomic E-state index is 0.0616. The van der Waals surface area contributed by atoms with Gasteiger partial charge in [-0.1, -0.05) is 24.3 Å². The maximum Gasteiger partial charge on any atom is 0.417 e. The SMILES string of the molecule is FC1=CC=CCC=C1c1cc2ncn(Cc3ccc(-c4ccc(C(F)(F)F)cc4C(F)(F)F)nn3)cc-2n1. The van der Waals surface area contributed by atoms with Gasteiger partial charge in [-0.2, -0.15) is 36.5 Å². The smallest absolute Gasteiger partial charge is 0.331 e. The fourth-order valence-electron chi connectivity index (χ4n) is 3.96. The van der Waals surface area contributed by atoms with Gasteiger partial charge in [0.1, 0.15) is 11.5 Å². The Morgan fingerprint density at radius 2 is 1.66 bits per heavy atom. The molecule has 12 heteroatoms. The number of nitrogens with zero attached hydrogens (tertiary/aromatic N) is 5. The summed E-state index contributed by atoms with van der Waals surface area (Å²) in [6.07, 6.45) is 0.289. The van der Waals surface area contributed by atoms with Gasteiger partial charge in [-0.3, -0.25) is 0 Å². The summed E-state index contributed by atoms with van der Waals surface area (Å²) in [7, 11) is 0. The van der Waals surface area contributed by atoms with Gasteiger partial charge in [0, 0.05) is 17.3 Å². The second-order valence-corrected chi connectivity index (χ2v) is 8.42. The van der Waals surface area contributed by atoms with Crippen molar-refractivity contribution in [1.82, 2.24) is 24.7 Å². The van der Waals surface area contributed by atoms with Gasteiger partial charge in [0.05, 0.1) is 46.8 Å². The van der Waals surface area contributed by atoms with Gasteiger partial charge in [-0.25, -0.2) is 14.4 Å². The van der Waals surface area contributed by atoms with Crippen LogP contribution in [0, 0.1) is 0 Å². The van der Waals surface area contributed by atoms with Crippen molar-refractivity contribution >= 4 is 5.57 Å². The quantitative estimate of drug-likeness (QED) is 0.263. The van der Waals surface area contributed by atoms with Gasteiger partial charge in [0.25, 0.3) is 0 Å². The minimum atomic E-state index is -5.03. The van der Waals surface area contributed by atoms with Crippen molar-refractivity contribution in [2.24, 2.45) is 0 Å². The summed E-state index contributed by atoms with van der Waals surface area (Å²) in [6.45, 7) is 0.137. The summed E-state index contributed by atoms with van der Waals surface area (Å²) in [6, 6.07) is 5.71. The van der Waals surface area contributed by atoms with Gasteiger partial charge in [0.2, 0.25) is 0 Å². The Kier molecular flexibility index (Phi) is 6.33. The molecule has 3 aliphatic rings. The number of rotatable bonds is 4. The molecule has 1 aromatic carbocycles. The monoisotopic (exact) mass is 531 g/mol. The fraction of sp³-hybridized carbons (Fsp3) is 0.154. The Balaban J connectivity index is 1.39. The second kappa shape index (κ2) is 9.51. The number of halogens is 7. The highest BCUT2D eigenvalue weighted by atomic mass is 19.4. The van der Waals surface area contributed by atoms with E-state index < -0.39 is 34.9 Å². The minimum Gasteiger partial charge on any atom is -0.331 e. The third-order valence-corrected chi connectivity index (χ3v) is 5.77. The van der Waals surface area contributed by atoms with Crippen LogP contribution in [0.15, 0.2) is 79.1 Å². The summed E-state index contributed by atoms with van der Waals surface area (Å²) in [5.41, 5.74) is -1.40. The Labute approximate surface area is 211 Å². The topological polar surface area (TPSA) is 56.5 Å². The highest BCUT2D eigenvalue weighted by molar-refractivity contribution is 5.79. The highest BCUT2D eigenvalue weighted by Gasteiger charge is 2.38. The molecule has 2 aliphatic heterocycles. The zero-order valence-electron chi connectivity index (χ0n) is 19.2. The van der Waals surface area contributed by atoms with Gasteiger partial charge in [-0.15, -0.1) is 0 Å². The number of aromatic nitrogens is 5. The van der Waals surface area contributed by atoms with Crippen LogP contribution in [-0.4, -0.2) is 24.7 Å². The maximum absolute atomic E-state index is 14.4. The first-order valence-electron chi connectivity index (χ1n) is 11.2. The van der Waals surface area contributed by atoms with Crippen LogP contribution in [0.25, 0.3) is 28.2 Å². The van der Waals surface area contributed by atoms with E-state index in [1.165, 1.54) is 24.5 Å². The van der Waals surface area contributed by atoms with Crippen molar-refractivity contribution < 1.29 is 30.7 Å². The van der Waals surface area contributed by atoms with E-state index in [9.17, 15) is 30.7 Å². The summed E-state index contributed by atoms with van der Waals surface area (Å²) in [5.74, 6) is -0.411. The molecule has 3 heterocycles. The van der Waals surface area contributed by atoms with Crippen molar-refractivity contribution in [2.45, 2.75) is 25.3 Å². The predicted octanol–water partition coefficient (Wildman–Crippen LogP) is 7.12. The van der Waals surface area contributed by atoms with E-state index in [1.807, 2.05) is 6.08 Å². The molecule has 0 fully saturated rings. The summed E-state index contributed by atoms with van der Waals surface area (Å²) in [5, 5.41) is 7.76. The normalized spacial score (nSPS) is 14.4. The largest absolute Gasteiger partial charge is 0.417 e. The number of hydrogen-bond donors (Lipinski definition) is 0. The molecule has 1 aromatic heterocycles. The molecule has 38 heavy (non-hydrogen) atoms. The number of allylic oxidation sites excluding steroid dienone is 6. The summed E-state index contributed by atoms with van der Waals surface area (Å²) >= 11 is 0.